The molecule has 0 aliphatic heterocycles. The van der Waals surface area contributed by atoms with Gasteiger partial charge in [0.25, 0.3) is 0 Å². The van der Waals surface area contributed by atoms with Crippen LogP contribution >= 0.6 is 0 Å². The van der Waals surface area contributed by atoms with E-state index in [1.165, 1.54) is 5.56 Å². The molecule has 2 nitrogen and oxygen atoms in total. The molecule has 2 heteroatoms. The smallest absolute Gasteiger partial charge is 0.0365 e. The summed E-state index contributed by atoms with van der Waals surface area (Å²) in [6, 6.07) is 6.54. The summed E-state index contributed by atoms with van der Waals surface area (Å²) >= 11 is 0. The van der Waals surface area contributed by atoms with Crippen molar-refractivity contribution in [1.29, 1.82) is 0 Å². The van der Waals surface area contributed by atoms with Crippen LogP contribution in [0.15, 0.2) is 18.2 Å². The highest BCUT2D eigenvalue weighted by Gasteiger charge is 2.06. The Kier molecular flexibility index (Phi) is 3.39. The second-order valence-electron chi connectivity index (χ2n) is 4.31. The molecule has 1 aromatic carbocycles. The van der Waals surface area contributed by atoms with E-state index in [2.05, 4.69) is 39.1 Å². The van der Waals surface area contributed by atoms with Crippen LogP contribution in [-0.4, -0.2) is 6.04 Å². The Balaban J connectivity index is 2.76. The summed E-state index contributed by atoms with van der Waals surface area (Å²) in [7, 11) is 0. The Labute approximate surface area is 86.5 Å². The van der Waals surface area contributed by atoms with Crippen LogP contribution in [-0.2, 0) is 0 Å². The van der Waals surface area contributed by atoms with Gasteiger partial charge in [0.2, 0.25) is 0 Å². The maximum Gasteiger partial charge on any atom is 0.0365 e. The molecule has 1 atom stereocenters. The van der Waals surface area contributed by atoms with E-state index in [-0.39, 0.29) is 0 Å². The summed E-state index contributed by atoms with van der Waals surface area (Å²) < 4.78 is 0. The molecule has 78 valence electrons. The Bertz CT molecular complexity index is 285. The zero-order valence-corrected chi connectivity index (χ0v) is 9.46. The van der Waals surface area contributed by atoms with Gasteiger partial charge in [0.15, 0.2) is 0 Å². The molecular formula is C12H20N2. The van der Waals surface area contributed by atoms with Gasteiger partial charge in [-0.05, 0) is 43.5 Å². The molecule has 1 unspecified atom stereocenters. The number of nitrogens with one attached hydrogen (secondary N) is 1. The lowest BCUT2D eigenvalue weighted by Crippen LogP contribution is -2.21. The molecule has 0 bridgehead atoms. The minimum atomic E-state index is 0.469. The lowest BCUT2D eigenvalue weighted by Gasteiger charge is -2.19. The predicted octanol–water partition coefficient (Wildman–Crippen LogP) is 3.03. The number of hydrogen-bond acceptors (Lipinski definition) is 2. The maximum absolute atomic E-state index is 5.77. The fraction of sp³-hybridized carbons (Fsp3) is 0.500. The molecule has 1 aromatic rings. The number of anilines is 2. The van der Waals surface area contributed by atoms with E-state index in [1.54, 1.807) is 0 Å². The van der Waals surface area contributed by atoms with Gasteiger partial charge in [0.05, 0.1) is 0 Å². The predicted molar refractivity (Wildman–Crippen MR) is 63.5 cm³/mol. The van der Waals surface area contributed by atoms with Crippen molar-refractivity contribution in [2.75, 3.05) is 11.1 Å². The maximum atomic E-state index is 5.77. The van der Waals surface area contributed by atoms with E-state index in [0.29, 0.717) is 12.0 Å². The van der Waals surface area contributed by atoms with Crippen LogP contribution in [0.4, 0.5) is 11.4 Å². The van der Waals surface area contributed by atoms with Gasteiger partial charge in [-0.1, -0.05) is 13.8 Å². The average molecular weight is 192 g/mol. The van der Waals surface area contributed by atoms with Gasteiger partial charge in [0.1, 0.15) is 0 Å². The summed E-state index contributed by atoms with van der Waals surface area (Å²) in [5, 5.41) is 3.44. The van der Waals surface area contributed by atoms with Gasteiger partial charge in [-0.3, -0.25) is 0 Å². The zero-order chi connectivity index (χ0) is 10.7. The van der Waals surface area contributed by atoms with Crippen molar-refractivity contribution in [2.45, 2.75) is 33.7 Å². The molecule has 0 fully saturated rings. The van der Waals surface area contributed by atoms with Crippen molar-refractivity contribution in [3.05, 3.63) is 23.8 Å². The van der Waals surface area contributed by atoms with E-state index in [1.807, 2.05) is 12.1 Å². The van der Waals surface area contributed by atoms with E-state index in [0.717, 1.165) is 11.4 Å². The van der Waals surface area contributed by atoms with Crippen LogP contribution in [0.5, 0.6) is 0 Å². The van der Waals surface area contributed by atoms with Gasteiger partial charge in [0, 0.05) is 17.4 Å². The summed E-state index contributed by atoms with van der Waals surface area (Å²) in [5.74, 6) is 0.622. The van der Waals surface area contributed by atoms with E-state index in [4.69, 9.17) is 5.73 Å². The Morgan fingerprint density at radius 1 is 1.14 bits per heavy atom. The lowest BCUT2D eigenvalue weighted by atomic mass is 10.1. The van der Waals surface area contributed by atoms with E-state index < -0.39 is 0 Å². The molecule has 0 saturated carbocycles. The quantitative estimate of drug-likeness (QED) is 0.722. The van der Waals surface area contributed by atoms with Crippen molar-refractivity contribution in [2.24, 2.45) is 5.92 Å². The monoisotopic (exact) mass is 192 g/mol. The van der Waals surface area contributed by atoms with Crippen LogP contribution in [0.3, 0.4) is 0 Å². The SMILES string of the molecule is Cc1cc(N)cc(NC(C)C(C)C)c1. The summed E-state index contributed by atoms with van der Waals surface area (Å²) in [6.45, 7) is 8.65. The minimum absolute atomic E-state index is 0.469. The van der Waals surface area contributed by atoms with E-state index >= 15 is 0 Å². The summed E-state index contributed by atoms with van der Waals surface area (Å²) in [5.41, 5.74) is 8.91. The number of aryl methyl sites for hydroxylation is 1. The van der Waals surface area contributed by atoms with Crippen LogP contribution in [0.2, 0.25) is 0 Å². The zero-order valence-electron chi connectivity index (χ0n) is 9.46. The van der Waals surface area contributed by atoms with E-state index in [9.17, 15) is 0 Å². The van der Waals surface area contributed by atoms with Crippen molar-refractivity contribution in [1.82, 2.24) is 0 Å². The first kappa shape index (κ1) is 10.9. The van der Waals surface area contributed by atoms with Crippen LogP contribution in [0.1, 0.15) is 26.3 Å². The highest BCUT2D eigenvalue weighted by molar-refractivity contribution is 5.57. The molecule has 0 spiro atoms. The first-order valence-corrected chi connectivity index (χ1v) is 5.12. The number of nitrogen functional groups attached to an aromatic ring is 1. The molecule has 0 radical (unpaired) electrons. The minimum Gasteiger partial charge on any atom is -0.399 e. The van der Waals surface area contributed by atoms with Crippen molar-refractivity contribution >= 4 is 11.4 Å². The van der Waals surface area contributed by atoms with Crippen molar-refractivity contribution < 1.29 is 0 Å². The third kappa shape index (κ3) is 2.95. The fourth-order valence-electron chi connectivity index (χ4n) is 1.33. The van der Waals surface area contributed by atoms with Crippen LogP contribution < -0.4 is 11.1 Å². The third-order valence-electron chi connectivity index (χ3n) is 2.49. The molecule has 0 saturated heterocycles. The van der Waals surface area contributed by atoms with Crippen molar-refractivity contribution in [3.63, 3.8) is 0 Å². The Morgan fingerprint density at radius 3 is 2.29 bits per heavy atom. The standard InChI is InChI=1S/C12H20N2/c1-8(2)10(4)14-12-6-9(3)5-11(13)7-12/h5-8,10,14H,13H2,1-4H3. The largest absolute Gasteiger partial charge is 0.399 e. The number of benzene rings is 1. The number of hydrogen-bond donors (Lipinski definition) is 2. The highest BCUT2D eigenvalue weighted by atomic mass is 14.9. The Hall–Kier alpha value is -1.18. The molecule has 0 aliphatic carbocycles. The normalized spacial score (nSPS) is 12.9. The van der Waals surface area contributed by atoms with Gasteiger partial charge in [-0.25, -0.2) is 0 Å². The van der Waals surface area contributed by atoms with Gasteiger partial charge in [-0.2, -0.15) is 0 Å². The second kappa shape index (κ2) is 4.36. The first-order chi connectivity index (χ1) is 6.49. The first-order valence-electron chi connectivity index (χ1n) is 5.12. The Morgan fingerprint density at radius 2 is 1.79 bits per heavy atom. The molecule has 0 aromatic heterocycles. The molecule has 0 aliphatic rings. The average Bonchev–Trinajstić information content (AvgIpc) is 2.01. The lowest BCUT2D eigenvalue weighted by molar-refractivity contribution is 0.560. The second-order valence-corrected chi connectivity index (χ2v) is 4.31. The molecule has 1 rings (SSSR count). The molecule has 14 heavy (non-hydrogen) atoms. The van der Waals surface area contributed by atoms with Gasteiger partial charge >= 0.3 is 0 Å². The van der Waals surface area contributed by atoms with Gasteiger partial charge < -0.3 is 11.1 Å². The fourth-order valence-corrected chi connectivity index (χ4v) is 1.33. The summed E-state index contributed by atoms with van der Waals surface area (Å²) in [6.07, 6.45) is 0. The van der Waals surface area contributed by atoms with Crippen molar-refractivity contribution in [3.8, 4) is 0 Å². The molecule has 0 amide bonds. The third-order valence-corrected chi connectivity index (χ3v) is 2.49. The molecular weight excluding hydrogens is 172 g/mol. The van der Waals surface area contributed by atoms with Gasteiger partial charge in [-0.15, -0.1) is 0 Å². The van der Waals surface area contributed by atoms with Crippen LogP contribution in [0, 0.1) is 12.8 Å². The summed E-state index contributed by atoms with van der Waals surface area (Å²) in [4.78, 5) is 0. The highest BCUT2D eigenvalue weighted by Crippen LogP contribution is 2.18. The number of rotatable bonds is 3. The molecule has 3 N–H and O–H groups in total. The van der Waals surface area contributed by atoms with Crippen LogP contribution in [0.25, 0.3) is 0 Å². The number of nitrogens with two attached hydrogens (primary N) is 1. The topological polar surface area (TPSA) is 38.0 Å². The molecule has 0 heterocycles.